The molecule has 0 bridgehead atoms. The van der Waals surface area contributed by atoms with Crippen molar-refractivity contribution in [2.45, 2.75) is 0 Å². The van der Waals surface area contributed by atoms with E-state index in [0.717, 1.165) is 12.1 Å². The highest BCUT2D eigenvalue weighted by Crippen LogP contribution is 2.15. The summed E-state index contributed by atoms with van der Waals surface area (Å²) in [6, 6.07) is 4.88. The van der Waals surface area contributed by atoms with E-state index >= 15 is 0 Å². The largest absolute Gasteiger partial charge is 0.448 e. The van der Waals surface area contributed by atoms with Crippen LogP contribution in [0.4, 0.5) is 4.39 Å². The number of rotatable bonds is 1. The van der Waals surface area contributed by atoms with Crippen molar-refractivity contribution in [2.24, 2.45) is 5.73 Å². The van der Waals surface area contributed by atoms with Gasteiger partial charge in [0, 0.05) is 6.07 Å². The third-order valence-electron chi connectivity index (χ3n) is 1.95. The van der Waals surface area contributed by atoms with Gasteiger partial charge in [0.2, 0.25) is 0 Å². The Morgan fingerprint density at radius 3 is 2.80 bits per heavy atom. The molecule has 2 N–H and O–H groups in total. The number of primary amides is 1. The lowest BCUT2D eigenvalue weighted by molar-refractivity contribution is 0.0974. The maximum Gasteiger partial charge on any atom is 0.284 e. The minimum absolute atomic E-state index is 0.0833. The van der Waals surface area contributed by atoms with E-state index in [2.05, 4.69) is 0 Å². The molecule has 15 heavy (non-hydrogen) atoms. The number of hydrogen-bond acceptors (Lipinski definition) is 3. The average Bonchev–Trinajstić information content (AvgIpc) is 2.19. The number of para-hydroxylation sites is 1. The molecule has 0 radical (unpaired) electrons. The molecule has 4 nitrogen and oxygen atoms in total. The van der Waals surface area contributed by atoms with Crippen LogP contribution in [0, 0.1) is 5.82 Å². The van der Waals surface area contributed by atoms with Crippen LogP contribution in [-0.2, 0) is 0 Å². The van der Waals surface area contributed by atoms with Gasteiger partial charge >= 0.3 is 0 Å². The first-order chi connectivity index (χ1) is 7.09. The van der Waals surface area contributed by atoms with Crippen LogP contribution in [0.2, 0.25) is 0 Å². The van der Waals surface area contributed by atoms with Crippen LogP contribution < -0.4 is 11.2 Å². The summed E-state index contributed by atoms with van der Waals surface area (Å²) < 4.78 is 18.1. The Labute approximate surface area is 83.1 Å². The predicted molar refractivity (Wildman–Crippen MR) is 51.0 cm³/mol. The Bertz CT molecular complexity index is 603. The van der Waals surface area contributed by atoms with E-state index < -0.39 is 17.2 Å². The van der Waals surface area contributed by atoms with Crippen molar-refractivity contribution in [3.05, 3.63) is 46.1 Å². The first-order valence-corrected chi connectivity index (χ1v) is 4.12. The van der Waals surface area contributed by atoms with Gasteiger partial charge in [0.05, 0.1) is 5.39 Å². The van der Waals surface area contributed by atoms with Crippen molar-refractivity contribution >= 4 is 16.9 Å². The van der Waals surface area contributed by atoms with Crippen molar-refractivity contribution in [3.63, 3.8) is 0 Å². The Balaban J connectivity index is 2.92. The summed E-state index contributed by atoms with van der Waals surface area (Å²) in [4.78, 5) is 22.2. The molecular formula is C10H6FNO3. The van der Waals surface area contributed by atoms with Gasteiger partial charge in [-0.1, -0.05) is 6.07 Å². The molecule has 1 aromatic heterocycles. The molecule has 2 aromatic rings. The van der Waals surface area contributed by atoms with Gasteiger partial charge in [-0.2, -0.15) is 0 Å². The normalized spacial score (nSPS) is 10.5. The molecule has 5 heteroatoms. The van der Waals surface area contributed by atoms with E-state index in [1.807, 2.05) is 0 Å². The number of benzene rings is 1. The highest BCUT2D eigenvalue weighted by molar-refractivity contribution is 5.91. The quantitative estimate of drug-likeness (QED) is 0.758. The third-order valence-corrected chi connectivity index (χ3v) is 1.95. The molecule has 0 aliphatic carbocycles. The molecule has 0 unspecified atom stereocenters. The molecule has 2 rings (SSSR count). The highest BCUT2D eigenvalue weighted by atomic mass is 19.1. The molecule has 0 fully saturated rings. The van der Waals surface area contributed by atoms with Crippen LogP contribution in [0.1, 0.15) is 10.6 Å². The van der Waals surface area contributed by atoms with Gasteiger partial charge in [0.1, 0.15) is 0 Å². The molecule has 0 spiro atoms. The Morgan fingerprint density at radius 2 is 2.13 bits per heavy atom. The minimum atomic E-state index is -0.905. The molecule has 76 valence electrons. The molecule has 1 amide bonds. The van der Waals surface area contributed by atoms with Gasteiger partial charge in [-0.3, -0.25) is 9.59 Å². The molecular weight excluding hydrogens is 201 g/mol. The van der Waals surface area contributed by atoms with E-state index in [9.17, 15) is 14.0 Å². The number of amides is 1. The van der Waals surface area contributed by atoms with Crippen molar-refractivity contribution in [1.82, 2.24) is 0 Å². The van der Waals surface area contributed by atoms with E-state index in [4.69, 9.17) is 10.2 Å². The number of carbonyl (C=O) groups excluding carboxylic acids is 1. The molecule has 1 heterocycles. The van der Waals surface area contributed by atoms with Crippen molar-refractivity contribution in [1.29, 1.82) is 0 Å². The monoisotopic (exact) mass is 207 g/mol. The molecule has 1 aromatic carbocycles. The second kappa shape index (κ2) is 3.20. The Morgan fingerprint density at radius 1 is 1.40 bits per heavy atom. The molecule has 0 atom stereocenters. The van der Waals surface area contributed by atoms with Crippen LogP contribution in [-0.4, -0.2) is 5.91 Å². The Hall–Kier alpha value is -2.17. The molecule has 0 aliphatic rings. The maximum absolute atomic E-state index is 13.2. The summed E-state index contributed by atoms with van der Waals surface area (Å²) in [7, 11) is 0. The first-order valence-electron chi connectivity index (χ1n) is 4.12. The zero-order chi connectivity index (χ0) is 11.0. The highest BCUT2D eigenvalue weighted by Gasteiger charge is 2.11. The fourth-order valence-electron chi connectivity index (χ4n) is 1.26. The second-order valence-electron chi connectivity index (χ2n) is 2.96. The third kappa shape index (κ3) is 1.48. The maximum atomic E-state index is 13.2. The second-order valence-corrected chi connectivity index (χ2v) is 2.96. The van der Waals surface area contributed by atoms with Gasteiger partial charge in [0.25, 0.3) is 5.91 Å². The van der Waals surface area contributed by atoms with E-state index in [-0.39, 0.29) is 16.7 Å². The number of halogens is 1. The SMILES string of the molecule is NC(=O)c1cc(=O)c2cccc(F)c2o1. The van der Waals surface area contributed by atoms with Gasteiger partial charge in [-0.15, -0.1) is 0 Å². The van der Waals surface area contributed by atoms with E-state index in [1.165, 1.54) is 12.1 Å². The van der Waals surface area contributed by atoms with Gasteiger partial charge in [-0.05, 0) is 12.1 Å². The predicted octanol–water partition coefficient (Wildman–Crippen LogP) is 1.03. The average molecular weight is 207 g/mol. The summed E-state index contributed by atoms with van der Waals surface area (Å²) in [6.45, 7) is 0. The number of hydrogen-bond donors (Lipinski definition) is 1. The lowest BCUT2D eigenvalue weighted by atomic mass is 10.2. The standard InChI is InChI=1S/C10H6FNO3/c11-6-3-1-2-5-7(13)4-8(10(12)14)15-9(5)6/h1-4H,(H2,12,14). The topological polar surface area (TPSA) is 73.3 Å². The smallest absolute Gasteiger partial charge is 0.284 e. The summed E-state index contributed by atoms with van der Waals surface area (Å²) in [6.07, 6.45) is 0. The van der Waals surface area contributed by atoms with Gasteiger partial charge in [-0.25, -0.2) is 4.39 Å². The van der Waals surface area contributed by atoms with Crippen molar-refractivity contribution in [3.8, 4) is 0 Å². The lowest BCUT2D eigenvalue weighted by Gasteiger charge is -1.99. The van der Waals surface area contributed by atoms with Crippen molar-refractivity contribution in [2.75, 3.05) is 0 Å². The lowest BCUT2D eigenvalue weighted by Crippen LogP contribution is -2.14. The van der Waals surface area contributed by atoms with Crippen LogP contribution in [0.25, 0.3) is 11.0 Å². The van der Waals surface area contributed by atoms with Crippen LogP contribution in [0.5, 0.6) is 0 Å². The Kier molecular flexibility index (Phi) is 2.00. The summed E-state index contributed by atoms with van der Waals surface area (Å²) >= 11 is 0. The van der Waals surface area contributed by atoms with E-state index in [1.54, 1.807) is 0 Å². The summed E-state index contributed by atoms with van der Waals surface area (Å²) in [5, 5.41) is 0.0833. The van der Waals surface area contributed by atoms with Crippen molar-refractivity contribution < 1.29 is 13.6 Å². The fraction of sp³-hybridized carbons (Fsp3) is 0. The fourth-order valence-corrected chi connectivity index (χ4v) is 1.26. The van der Waals surface area contributed by atoms with E-state index in [0.29, 0.717) is 0 Å². The van der Waals surface area contributed by atoms with Gasteiger partial charge in [0.15, 0.2) is 22.6 Å². The van der Waals surface area contributed by atoms with Crippen LogP contribution >= 0.6 is 0 Å². The first kappa shape index (κ1) is 9.39. The molecule has 0 aliphatic heterocycles. The number of nitrogens with two attached hydrogens (primary N) is 1. The summed E-state index contributed by atoms with van der Waals surface area (Å²) in [5.74, 6) is -1.96. The number of carbonyl (C=O) groups is 1. The zero-order valence-electron chi connectivity index (χ0n) is 7.49. The zero-order valence-corrected chi connectivity index (χ0v) is 7.49. The molecule has 0 saturated heterocycles. The minimum Gasteiger partial charge on any atom is -0.448 e. The number of fused-ring (bicyclic) bond motifs is 1. The van der Waals surface area contributed by atoms with Gasteiger partial charge < -0.3 is 10.2 Å². The molecule has 0 saturated carbocycles. The van der Waals surface area contributed by atoms with Crippen LogP contribution in [0.3, 0.4) is 0 Å². The summed E-state index contributed by atoms with van der Waals surface area (Å²) in [5.41, 5.74) is 4.18. The van der Waals surface area contributed by atoms with Crippen LogP contribution in [0.15, 0.2) is 33.5 Å².